The van der Waals surface area contributed by atoms with Gasteiger partial charge in [-0.05, 0) is 40.0 Å². The van der Waals surface area contributed by atoms with Crippen LogP contribution in [0.1, 0.15) is 51.6 Å². The Morgan fingerprint density at radius 1 is 1.40 bits per heavy atom. The van der Waals surface area contributed by atoms with E-state index in [-0.39, 0.29) is 4.90 Å². The maximum atomic E-state index is 12.4. The van der Waals surface area contributed by atoms with Crippen molar-refractivity contribution in [3.8, 4) is 0 Å². The van der Waals surface area contributed by atoms with Crippen LogP contribution in [-0.4, -0.2) is 20.0 Å². The van der Waals surface area contributed by atoms with E-state index in [0.717, 1.165) is 6.42 Å². The molecule has 5 nitrogen and oxygen atoms in total. The summed E-state index contributed by atoms with van der Waals surface area (Å²) in [7, 11) is -3.53. The van der Waals surface area contributed by atoms with Crippen molar-refractivity contribution < 1.29 is 12.8 Å². The van der Waals surface area contributed by atoms with E-state index in [4.69, 9.17) is 4.42 Å². The van der Waals surface area contributed by atoms with Gasteiger partial charge in [0.2, 0.25) is 10.0 Å². The smallest absolute Gasteiger partial charge is 0.244 e. The predicted molar refractivity (Wildman–Crippen MR) is 78.0 cm³/mol. The van der Waals surface area contributed by atoms with Crippen molar-refractivity contribution in [1.29, 1.82) is 0 Å². The number of hydrogen-bond acceptors (Lipinski definition) is 4. The number of rotatable bonds is 7. The van der Waals surface area contributed by atoms with Crippen molar-refractivity contribution in [2.75, 3.05) is 0 Å². The molecule has 1 aromatic heterocycles. The van der Waals surface area contributed by atoms with Gasteiger partial charge >= 0.3 is 0 Å². The first-order valence-corrected chi connectivity index (χ1v) is 8.58. The summed E-state index contributed by atoms with van der Waals surface area (Å²) in [5.74, 6) is 1.11. The van der Waals surface area contributed by atoms with Gasteiger partial charge in [-0.3, -0.25) is 0 Å². The van der Waals surface area contributed by atoms with E-state index >= 15 is 0 Å². The highest BCUT2D eigenvalue weighted by Gasteiger charge is 2.28. The van der Waals surface area contributed by atoms with Crippen LogP contribution >= 0.6 is 0 Å². The van der Waals surface area contributed by atoms with Gasteiger partial charge in [0.05, 0.1) is 6.54 Å². The summed E-state index contributed by atoms with van der Waals surface area (Å²) >= 11 is 0. The molecule has 6 heteroatoms. The van der Waals surface area contributed by atoms with E-state index in [2.05, 4.69) is 10.0 Å². The van der Waals surface area contributed by atoms with Gasteiger partial charge in [0.1, 0.15) is 16.4 Å². The summed E-state index contributed by atoms with van der Waals surface area (Å²) in [6.07, 6.45) is 3.10. The van der Waals surface area contributed by atoms with E-state index in [9.17, 15) is 8.42 Å². The standard InChI is InChI=1S/C14H24N2O3S/c1-5-14(3,4)16-20(17,18)13-8-12(19-10(13)2)9-15-11-6-7-11/h8,11,15-16H,5-7,9H2,1-4H3. The van der Waals surface area contributed by atoms with E-state index in [0.29, 0.717) is 24.1 Å². The quantitative estimate of drug-likeness (QED) is 0.810. The third kappa shape index (κ3) is 3.84. The lowest BCUT2D eigenvalue weighted by molar-refractivity contribution is 0.436. The summed E-state index contributed by atoms with van der Waals surface area (Å²) in [6.45, 7) is 7.97. The molecule has 0 aliphatic heterocycles. The molecule has 0 atom stereocenters. The SMILES string of the molecule is CCC(C)(C)NS(=O)(=O)c1cc(CNC2CC2)oc1C. The van der Waals surface area contributed by atoms with Crippen molar-refractivity contribution in [2.45, 2.75) is 70.0 Å². The second-order valence-corrected chi connectivity index (χ2v) is 7.78. The molecule has 1 fully saturated rings. The van der Waals surface area contributed by atoms with Crippen LogP contribution in [0.25, 0.3) is 0 Å². The number of sulfonamides is 1. The fraction of sp³-hybridized carbons (Fsp3) is 0.714. The Kier molecular flexibility index (Phi) is 4.27. The molecule has 1 saturated carbocycles. The number of aryl methyl sites for hydroxylation is 1. The summed E-state index contributed by atoms with van der Waals surface area (Å²) < 4.78 is 33.1. The van der Waals surface area contributed by atoms with Crippen LogP contribution in [0.3, 0.4) is 0 Å². The van der Waals surface area contributed by atoms with Crippen molar-refractivity contribution in [3.05, 3.63) is 17.6 Å². The van der Waals surface area contributed by atoms with Gasteiger partial charge in [0, 0.05) is 17.6 Å². The number of nitrogens with one attached hydrogen (secondary N) is 2. The molecule has 1 aliphatic rings. The molecule has 1 aliphatic carbocycles. The fourth-order valence-corrected chi connectivity index (χ4v) is 3.59. The number of hydrogen-bond donors (Lipinski definition) is 2. The maximum absolute atomic E-state index is 12.4. The molecule has 0 aromatic carbocycles. The second-order valence-electron chi connectivity index (χ2n) is 6.13. The minimum absolute atomic E-state index is 0.242. The maximum Gasteiger partial charge on any atom is 0.244 e. The lowest BCUT2D eigenvalue weighted by Crippen LogP contribution is -2.42. The Labute approximate surface area is 121 Å². The fourth-order valence-electron chi connectivity index (χ4n) is 1.90. The van der Waals surface area contributed by atoms with Crippen molar-refractivity contribution in [3.63, 3.8) is 0 Å². The summed E-state index contributed by atoms with van der Waals surface area (Å²) in [5, 5.41) is 3.32. The van der Waals surface area contributed by atoms with Crippen LogP contribution in [0, 0.1) is 6.92 Å². The summed E-state index contributed by atoms with van der Waals surface area (Å²) in [5.41, 5.74) is -0.463. The van der Waals surface area contributed by atoms with E-state index in [1.165, 1.54) is 12.8 Å². The molecule has 0 saturated heterocycles. The first kappa shape index (κ1) is 15.5. The van der Waals surface area contributed by atoms with Gasteiger partial charge in [-0.1, -0.05) is 6.92 Å². The number of furan rings is 1. The predicted octanol–water partition coefficient (Wildman–Crippen LogP) is 2.31. The Morgan fingerprint density at radius 3 is 2.60 bits per heavy atom. The first-order chi connectivity index (χ1) is 9.23. The monoisotopic (exact) mass is 300 g/mol. The molecule has 0 spiro atoms. The molecule has 2 rings (SSSR count). The molecule has 2 N–H and O–H groups in total. The van der Waals surface area contributed by atoms with Gasteiger partial charge in [0.15, 0.2) is 0 Å². The molecular formula is C14H24N2O3S. The lowest BCUT2D eigenvalue weighted by Gasteiger charge is -2.23. The molecular weight excluding hydrogens is 276 g/mol. The van der Waals surface area contributed by atoms with Crippen molar-refractivity contribution in [1.82, 2.24) is 10.0 Å². The van der Waals surface area contributed by atoms with Crippen molar-refractivity contribution >= 4 is 10.0 Å². The zero-order chi connectivity index (χ0) is 15.0. The summed E-state index contributed by atoms with van der Waals surface area (Å²) in [6, 6.07) is 2.19. The van der Waals surface area contributed by atoms with Gasteiger partial charge in [-0.15, -0.1) is 0 Å². The van der Waals surface area contributed by atoms with Crippen LogP contribution < -0.4 is 10.0 Å². The third-order valence-electron chi connectivity index (χ3n) is 3.65. The van der Waals surface area contributed by atoms with Crippen LogP contribution in [0.4, 0.5) is 0 Å². The molecule has 20 heavy (non-hydrogen) atoms. The van der Waals surface area contributed by atoms with E-state index in [1.54, 1.807) is 13.0 Å². The van der Waals surface area contributed by atoms with Crippen molar-refractivity contribution in [2.24, 2.45) is 0 Å². The summed E-state index contributed by atoms with van der Waals surface area (Å²) in [4.78, 5) is 0.242. The zero-order valence-electron chi connectivity index (χ0n) is 12.6. The Bertz CT molecular complexity index is 571. The molecule has 1 heterocycles. The Hall–Kier alpha value is -0.850. The van der Waals surface area contributed by atoms with E-state index < -0.39 is 15.6 Å². The highest BCUT2D eigenvalue weighted by atomic mass is 32.2. The Morgan fingerprint density at radius 2 is 2.05 bits per heavy atom. The molecule has 0 radical (unpaired) electrons. The van der Waals surface area contributed by atoms with Crippen LogP contribution in [0.2, 0.25) is 0 Å². The van der Waals surface area contributed by atoms with Gasteiger partial charge in [-0.2, -0.15) is 0 Å². The topological polar surface area (TPSA) is 71.3 Å². The molecule has 0 bridgehead atoms. The largest absolute Gasteiger partial charge is 0.464 e. The highest BCUT2D eigenvalue weighted by molar-refractivity contribution is 7.89. The Balaban J connectivity index is 2.13. The third-order valence-corrected chi connectivity index (χ3v) is 5.46. The van der Waals surface area contributed by atoms with Gasteiger partial charge < -0.3 is 9.73 Å². The lowest BCUT2D eigenvalue weighted by atomic mass is 10.0. The average Bonchev–Trinajstić information content (AvgIpc) is 3.08. The second kappa shape index (κ2) is 5.50. The highest BCUT2D eigenvalue weighted by Crippen LogP contribution is 2.24. The van der Waals surface area contributed by atoms with E-state index in [1.807, 2.05) is 20.8 Å². The minimum atomic E-state index is -3.53. The van der Waals surface area contributed by atoms with Crippen LogP contribution in [0.15, 0.2) is 15.4 Å². The van der Waals surface area contributed by atoms with Gasteiger partial charge in [0.25, 0.3) is 0 Å². The molecule has 0 amide bonds. The van der Waals surface area contributed by atoms with Crippen LogP contribution in [0.5, 0.6) is 0 Å². The van der Waals surface area contributed by atoms with Crippen LogP contribution in [-0.2, 0) is 16.6 Å². The molecule has 0 unspecified atom stereocenters. The zero-order valence-corrected chi connectivity index (χ0v) is 13.4. The minimum Gasteiger partial charge on any atom is -0.464 e. The average molecular weight is 300 g/mol. The first-order valence-electron chi connectivity index (χ1n) is 7.10. The molecule has 1 aromatic rings. The van der Waals surface area contributed by atoms with Gasteiger partial charge in [-0.25, -0.2) is 13.1 Å². The molecule has 114 valence electrons. The normalized spacial score (nSPS) is 16.6.